The van der Waals surface area contributed by atoms with Crippen LogP contribution in [-0.4, -0.2) is 22.6 Å². The van der Waals surface area contributed by atoms with Gasteiger partial charge in [0.05, 0.1) is 0 Å². The van der Waals surface area contributed by atoms with Crippen LogP contribution in [-0.2, 0) is 9.59 Å². The number of amides is 2. The number of benzene rings is 1. The lowest BCUT2D eigenvalue weighted by molar-refractivity contribution is -0.122. The molecule has 2 amide bonds. The van der Waals surface area contributed by atoms with Crippen LogP contribution in [0.2, 0.25) is 0 Å². The third-order valence-corrected chi connectivity index (χ3v) is 4.29. The molecule has 0 radical (unpaired) electrons. The van der Waals surface area contributed by atoms with Gasteiger partial charge < -0.3 is 10.6 Å². The molecule has 5 heteroatoms. The van der Waals surface area contributed by atoms with Crippen LogP contribution < -0.4 is 10.6 Å². The number of hydrogen-bond acceptors (Lipinski definition) is 3. The molecule has 2 N–H and O–H groups in total. The second kappa shape index (κ2) is 6.10. The van der Waals surface area contributed by atoms with Gasteiger partial charge in [-0.15, -0.1) is 11.8 Å². The van der Waals surface area contributed by atoms with E-state index in [2.05, 4.69) is 37.5 Å². The molecular weight excluding hydrogens is 284 g/mol. The zero-order valence-electron chi connectivity index (χ0n) is 12.9. The summed E-state index contributed by atoms with van der Waals surface area (Å²) >= 11 is 1.80. The van der Waals surface area contributed by atoms with Crippen molar-refractivity contribution in [1.82, 2.24) is 5.32 Å². The van der Waals surface area contributed by atoms with Crippen molar-refractivity contribution >= 4 is 29.3 Å². The second-order valence-electron chi connectivity index (χ2n) is 6.34. The van der Waals surface area contributed by atoms with Crippen molar-refractivity contribution in [2.24, 2.45) is 0 Å². The van der Waals surface area contributed by atoms with Gasteiger partial charge in [0, 0.05) is 21.8 Å². The molecule has 0 aliphatic carbocycles. The SMILES string of the molecule is Cc1cc(SC(C)(C)C)ccc1NC(=O)[C@@H]1CCC(=O)N1. The van der Waals surface area contributed by atoms with Gasteiger partial charge in [-0.25, -0.2) is 0 Å². The molecule has 1 atom stereocenters. The van der Waals surface area contributed by atoms with Crippen LogP contribution in [0.4, 0.5) is 5.69 Å². The number of thioether (sulfide) groups is 1. The number of rotatable bonds is 3. The Bertz CT molecular complexity index is 564. The molecule has 1 aromatic carbocycles. The maximum absolute atomic E-state index is 12.1. The number of aryl methyl sites for hydroxylation is 1. The van der Waals surface area contributed by atoms with E-state index in [0.717, 1.165) is 11.3 Å². The molecule has 1 aliphatic rings. The summed E-state index contributed by atoms with van der Waals surface area (Å²) in [6, 6.07) is 5.63. The number of nitrogens with one attached hydrogen (secondary N) is 2. The summed E-state index contributed by atoms with van der Waals surface area (Å²) in [6.07, 6.45) is 1.000. The Balaban J connectivity index is 2.04. The van der Waals surface area contributed by atoms with E-state index in [1.54, 1.807) is 11.8 Å². The maximum atomic E-state index is 12.1. The van der Waals surface area contributed by atoms with Crippen LogP contribution in [0.1, 0.15) is 39.2 Å². The highest BCUT2D eigenvalue weighted by atomic mass is 32.2. The van der Waals surface area contributed by atoms with Crippen LogP contribution in [0.25, 0.3) is 0 Å². The molecule has 0 unspecified atom stereocenters. The Morgan fingerprint density at radius 3 is 2.62 bits per heavy atom. The van der Waals surface area contributed by atoms with Crippen molar-refractivity contribution in [2.45, 2.75) is 56.2 Å². The van der Waals surface area contributed by atoms with Gasteiger partial charge in [-0.05, 0) is 37.1 Å². The molecule has 1 aliphatic heterocycles. The van der Waals surface area contributed by atoms with Crippen molar-refractivity contribution in [3.63, 3.8) is 0 Å². The van der Waals surface area contributed by atoms with Crippen LogP contribution >= 0.6 is 11.8 Å². The molecule has 1 saturated heterocycles. The van der Waals surface area contributed by atoms with Gasteiger partial charge in [0.15, 0.2) is 0 Å². The first-order chi connectivity index (χ1) is 9.74. The molecular formula is C16H22N2O2S. The Hall–Kier alpha value is -1.49. The predicted molar refractivity (Wildman–Crippen MR) is 86.6 cm³/mol. The number of carbonyl (C=O) groups is 2. The van der Waals surface area contributed by atoms with Gasteiger partial charge in [-0.1, -0.05) is 20.8 Å². The van der Waals surface area contributed by atoms with Crippen molar-refractivity contribution in [1.29, 1.82) is 0 Å². The van der Waals surface area contributed by atoms with Crippen LogP contribution in [0, 0.1) is 6.92 Å². The minimum Gasteiger partial charge on any atom is -0.344 e. The summed E-state index contributed by atoms with van der Waals surface area (Å²) in [6.45, 7) is 8.50. The summed E-state index contributed by atoms with van der Waals surface area (Å²) < 4.78 is 0.158. The molecule has 1 heterocycles. The first-order valence-electron chi connectivity index (χ1n) is 7.14. The fraction of sp³-hybridized carbons (Fsp3) is 0.500. The van der Waals surface area contributed by atoms with Gasteiger partial charge in [-0.3, -0.25) is 9.59 Å². The van der Waals surface area contributed by atoms with E-state index in [1.165, 1.54) is 4.90 Å². The highest BCUT2D eigenvalue weighted by Crippen LogP contribution is 2.33. The standard InChI is InChI=1S/C16H22N2O2S/c1-10-9-11(21-16(2,3)4)5-6-12(10)18-15(20)13-7-8-14(19)17-13/h5-6,9,13H,7-8H2,1-4H3,(H,17,19)(H,18,20)/t13-/m0/s1. The zero-order valence-corrected chi connectivity index (χ0v) is 13.8. The quantitative estimate of drug-likeness (QED) is 0.844. The van der Waals surface area contributed by atoms with Gasteiger partial charge in [-0.2, -0.15) is 0 Å². The van der Waals surface area contributed by atoms with Crippen molar-refractivity contribution in [3.8, 4) is 0 Å². The highest BCUT2D eigenvalue weighted by Gasteiger charge is 2.27. The molecule has 0 aromatic heterocycles. The molecule has 4 nitrogen and oxygen atoms in total. The summed E-state index contributed by atoms with van der Waals surface area (Å²) in [7, 11) is 0. The van der Waals surface area contributed by atoms with E-state index < -0.39 is 6.04 Å². The minimum absolute atomic E-state index is 0.0520. The van der Waals surface area contributed by atoms with Crippen LogP contribution in [0.5, 0.6) is 0 Å². The van der Waals surface area contributed by atoms with E-state index in [4.69, 9.17) is 0 Å². The highest BCUT2D eigenvalue weighted by molar-refractivity contribution is 8.00. The number of hydrogen-bond donors (Lipinski definition) is 2. The molecule has 0 saturated carbocycles. The second-order valence-corrected chi connectivity index (χ2v) is 8.24. The van der Waals surface area contributed by atoms with Gasteiger partial charge in [0.25, 0.3) is 0 Å². The zero-order chi connectivity index (χ0) is 15.6. The molecule has 1 fully saturated rings. The summed E-state index contributed by atoms with van der Waals surface area (Å²) in [5.74, 6) is -0.191. The summed E-state index contributed by atoms with van der Waals surface area (Å²) in [5, 5.41) is 5.58. The Morgan fingerprint density at radius 1 is 1.38 bits per heavy atom. The van der Waals surface area contributed by atoms with Gasteiger partial charge >= 0.3 is 0 Å². The van der Waals surface area contributed by atoms with Gasteiger partial charge in [0.2, 0.25) is 11.8 Å². The summed E-state index contributed by atoms with van der Waals surface area (Å²) in [4.78, 5) is 24.4. The normalized spacial score (nSPS) is 18.5. The summed E-state index contributed by atoms with van der Waals surface area (Å²) in [5.41, 5.74) is 1.83. The number of anilines is 1. The molecule has 114 valence electrons. The average molecular weight is 306 g/mol. The third-order valence-electron chi connectivity index (χ3n) is 3.19. The van der Waals surface area contributed by atoms with E-state index in [0.29, 0.717) is 12.8 Å². The van der Waals surface area contributed by atoms with E-state index in [-0.39, 0.29) is 16.6 Å². The molecule has 2 rings (SSSR count). The topological polar surface area (TPSA) is 58.2 Å². The van der Waals surface area contributed by atoms with Crippen molar-refractivity contribution < 1.29 is 9.59 Å². The van der Waals surface area contributed by atoms with E-state index in [1.807, 2.05) is 19.1 Å². The lowest BCUT2D eigenvalue weighted by Crippen LogP contribution is -2.37. The first-order valence-corrected chi connectivity index (χ1v) is 7.96. The lowest BCUT2D eigenvalue weighted by Gasteiger charge is -2.19. The lowest BCUT2D eigenvalue weighted by atomic mass is 10.1. The Kier molecular flexibility index (Phi) is 4.61. The Morgan fingerprint density at radius 2 is 2.10 bits per heavy atom. The molecule has 0 spiro atoms. The molecule has 21 heavy (non-hydrogen) atoms. The first kappa shape index (κ1) is 15.9. The van der Waals surface area contributed by atoms with Crippen LogP contribution in [0.15, 0.2) is 23.1 Å². The van der Waals surface area contributed by atoms with Crippen molar-refractivity contribution in [2.75, 3.05) is 5.32 Å². The third kappa shape index (κ3) is 4.49. The molecule has 0 bridgehead atoms. The average Bonchev–Trinajstić information content (AvgIpc) is 2.77. The van der Waals surface area contributed by atoms with Gasteiger partial charge in [0.1, 0.15) is 6.04 Å². The maximum Gasteiger partial charge on any atom is 0.246 e. The fourth-order valence-electron chi connectivity index (χ4n) is 2.22. The minimum atomic E-state index is -0.402. The smallest absolute Gasteiger partial charge is 0.246 e. The van der Waals surface area contributed by atoms with Crippen molar-refractivity contribution in [3.05, 3.63) is 23.8 Å². The molecule has 1 aromatic rings. The van der Waals surface area contributed by atoms with E-state index in [9.17, 15) is 9.59 Å². The fourth-order valence-corrected chi connectivity index (χ4v) is 3.30. The number of carbonyl (C=O) groups excluding carboxylic acids is 2. The predicted octanol–water partition coefficient (Wildman–Crippen LogP) is 3.10. The Labute approximate surface area is 130 Å². The van der Waals surface area contributed by atoms with Crippen LogP contribution in [0.3, 0.4) is 0 Å². The monoisotopic (exact) mass is 306 g/mol. The van der Waals surface area contributed by atoms with E-state index >= 15 is 0 Å². The largest absolute Gasteiger partial charge is 0.344 e.